The monoisotopic (exact) mass is 398 g/mol. The second kappa shape index (κ2) is 8.62. The molecule has 154 valence electrons. The lowest BCUT2D eigenvalue weighted by Gasteiger charge is -2.26. The summed E-state index contributed by atoms with van der Waals surface area (Å²) in [6.07, 6.45) is 1.17. The van der Waals surface area contributed by atoms with Gasteiger partial charge in [-0.25, -0.2) is 14.8 Å². The summed E-state index contributed by atoms with van der Waals surface area (Å²) in [5.74, 6) is 1.16. The second-order valence-electron chi connectivity index (χ2n) is 7.05. The van der Waals surface area contributed by atoms with Gasteiger partial charge >= 0.3 is 6.03 Å². The molecule has 0 radical (unpaired) electrons. The van der Waals surface area contributed by atoms with Crippen molar-refractivity contribution >= 4 is 33.8 Å². The minimum absolute atomic E-state index is 0.00234. The lowest BCUT2D eigenvalue weighted by molar-refractivity contribution is 0.0532. The smallest absolute Gasteiger partial charge is 0.317 e. The first kappa shape index (κ1) is 19.4. The Morgan fingerprint density at radius 3 is 2.83 bits per heavy atom. The lowest BCUT2D eigenvalue weighted by Crippen LogP contribution is -2.46. The van der Waals surface area contributed by atoms with Crippen molar-refractivity contribution < 1.29 is 14.6 Å². The Labute approximate surface area is 168 Å². The number of rotatable bonds is 6. The van der Waals surface area contributed by atoms with Crippen molar-refractivity contribution in [1.29, 1.82) is 0 Å². The Hall–Kier alpha value is -2.91. The number of aromatic nitrogens is 3. The summed E-state index contributed by atoms with van der Waals surface area (Å²) in [6.45, 7) is 3.62. The number of hydrogen-bond acceptors (Lipinski definition) is 6. The van der Waals surface area contributed by atoms with Crippen LogP contribution in [0.4, 0.5) is 10.6 Å². The van der Waals surface area contributed by atoms with Crippen LogP contribution in [-0.4, -0.2) is 70.0 Å². The zero-order valence-corrected chi connectivity index (χ0v) is 16.3. The van der Waals surface area contributed by atoms with Crippen LogP contribution in [0.5, 0.6) is 0 Å². The highest BCUT2D eigenvalue weighted by Gasteiger charge is 2.18. The van der Waals surface area contributed by atoms with Gasteiger partial charge in [-0.15, -0.1) is 0 Å². The number of ether oxygens (including phenoxy) is 1. The van der Waals surface area contributed by atoms with Gasteiger partial charge in [-0.3, -0.25) is 0 Å². The van der Waals surface area contributed by atoms with E-state index >= 15 is 0 Å². The highest BCUT2D eigenvalue weighted by molar-refractivity contribution is 6.06. The average molecular weight is 398 g/mol. The molecule has 1 aliphatic heterocycles. The Balaban J connectivity index is 1.54. The van der Waals surface area contributed by atoms with Crippen LogP contribution in [0.2, 0.25) is 0 Å². The van der Waals surface area contributed by atoms with E-state index in [1.54, 1.807) is 4.90 Å². The van der Waals surface area contributed by atoms with E-state index in [2.05, 4.69) is 19.9 Å². The molecule has 1 saturated heterocycles. The van der Waals surface area contributed by atoms with Gasteiger partial charge in [-0.05, 0) is 12.5 Å². The number of anilines is 1. The predicted molar refractivity (Wildman–Crippen MR) is 111 cm³/mol. The highest BCUT2D eigenvalue weighted by Crippen LogP contribution is 2.29. The van der Waals surface area contributed by atoms with E-state index < -0.39 is 0 Å². The zero-order valence-electron chi connectivity index (χ0n) is 16.3. The van der Waals surface area contributed by atoms with E-state index in [0.717, 1.165) is 28.7 Å². The number of aliphatic hydroxyl groups excluding tert-OH is 1. The number of nitrogens with two attached hydrogens (primary N) is 1. The fourth-order valence-corrected chi connectivity index (χ4v) is 3.75. The van der Waals surface area contributed by atoms with Gasteiger partial charge < -0.3 is 30.4 Å². The number of amides is 2. The first-order chi connectivity index (χ1) is 14.2. The summed E-state index contributed by atoms with van der Waals surface area (Å²) in [4.78, 5) is 23.1. The van der Waals surface area contributed by atoms with Gasteiger partial charge in [0.1, 0.15) is 11.3 Å². The molecule has 4 N–H and O–H groups in total. The molecule has 2 amide bonds. The van der Waals surface area contributed by atoms with Crippen molar-refractivity contribution in [1.82, 2.24) is 24.8 Å². The van der Waals surface area contributed by atoms with Crippen LogP contribution in [-0.2, 0) is 17.7 Å². The van der Waals surface area contributed by atoms with Crippen molar-refractivity contribution in [3.05, 3.63) is 30.1 Å². The topological polar surface area (TPSA) is 119 Å². The van der Waals surface area contributed by atoms with Crippen LogP contribution < -0.4 is 11.1 Å². The maximum atomic E-state index is 12.2. The molecule has 1 aromatic carbocycles. The molecule has 4 rings (SSSR count). The standard InChI is InChI=1S/C20H26N6O3/c21-19-17-18(14-4-1-2-5-15(14)23-19)26(16(24-17)6-11-27)8-3-7-22-20(28)25-9-12-29-13-10-25/h1-2,4-5,27H,3,6-13H2,(H2,21,23)(H,22,28). The van der Waals surface area contributed by atoms with E-state index in [9.17, 15) is 9.90 Å². The number of imidazole rings is 1. The number of morpholine rings is 1. The first-order valence-corrected chi connectivity index (χ1v) is 9.93. The zero-order chi connectivity index (χ0) is 20.2. The Morgan fingerprint density at radius 1 is 1.24 bits per heavy atom. The molecular formula is C20H26N6O3. The van der Waals surface area contributed by atoms with Crippen molar-refractivity contribution in [2.45, 2.75) is 19.4 Å². The maximum absolute atomic E-state index is 12.2. The summed E-state index contributed by atoms with van der Waals surface area (Å²) in [6, 6.07) is 7.77. The normalized spacial score (nSPS) is 14.6. The highest BCUT2D eigenvalue weighted by atomic mass is 16.5. The summed E-state index contributed by atoms with van der Waals surface area (Å²) < 4.78 is 7.37. The molecule has 29 heavy (non-hydrogen) atoms. The van der Waals surface area contributed by atoms with Gasteiger partial charge in [-0.1, -0.05) is 18.2 Å². The number of aryl methyl sites for hydroxylation is 1. The molecule has 0 unspecified atom stereocenters. The number of hydrogen-bond donors (Lipinski definition) is 3. The molecular weight excluding hydrogens is 372 g/mol. The fourth-order valence-electron chi connectivity index (χ4n) is 3.75. The van der Waals surface area contributed by atoms with Crippen LogP contribution in [0.1, 0.15) is 12.2 Å². The number of urea groups is 1. The van der Waals surface area contributed by atoms with E-state index in [-0.39, 0.29) is 12.6 Å². The van der Waals surface area contributed by atoms with Crippen molar-refractivity contribution in [2.75, 3.05) is 45.2 Å². The number of benzene rings is 1. The number of fused-ring (bicyclic) bond motifs is 3. The number of aliphatic hydroxyl groups is 1. The summed E-state index contributed by atoms with van der Waals surface area (Å²) in [7, 11) is 0. The van der Waals surface area contributed by atoms with Gasteiger partial charge in [0.2, 0.25) is 0 Å². The minimum atomic E-state index is -0.0572. The van der Waals surface area contributed by atoms with Crippen LogP contribution in [0.15, 0.2) is 24.3 Å². The van der Waals surface area contributed by atoms with Crippen LogP contribution >= 0.6 is 0 Å². The molecule has 3 aromatic rings. The van der Waals surface area contributed by atoms with E-state index in [0.29, 0.717) is 57.1 Å². The van der Waals surface area contributed by atoms with E-state index in [1.807, 2.05) is 24.3 Å². The summed E-state index contributed by atoms with van der Waals surface area (Å²) >= 11 is 0. The SMILES string of the molecule is Nc1nc2ccccc2c2c1nc(CCO)n2CCCNC(=O)N1CCOCC1. The van der Waals surface area contributed by atoms with E-state index in [1.165, 1.54) is 0 Å². The number of carbonyl (C=O) groups is 1. The third-order valence-electron chi connectivity index (χ3n) is 5.16. The van der Waals surface area contributed by atoms with Crippen LogP contribution in [0, 0.1) is 0 Å². The molecule has 9 heteroatoms. The van der Waals surface area contributed by atoms with Gasteiger partial charge in [0.15, 0.2) is 5.82 Å². The molecule has 9 nitrogen and oxygen atoms in total. The van der Waals surface area contributed by atoms with Gasteiger partial charge in [0, 0.05) is 38.0 Å². The third kappa shape index (κ3) is 3.96. The van der Waals surface area contributed by atoms with Gasteiger partial charge in [0.05, 0.1) is 30.9 Å². The number of nitrogens with zero attached hydrogens (tertiary/aromatic N) is 4. The summed E-state index contributed by atoms with van der Waals surface area (Å²) in [5, 5.41) is 13.4. The molecule has 0 bridgehead atoms. The molecule has 1 aliphatic rings. The minimum Gasteiger partial charge on any atom is -0.396 e. The number of pyridine rings is 1. The molecule has 0 atom stereocenters. The Kier molecular flexibility index (Phi) is 5.77. The van der Waals surface area contributed by atoms with Gasteiger partial charge in [-0.2, -0.15) is 0 Å². The molecule has 0 saturated carbocycles. The number of nitrogens with one attached hydrogen (secondary N) is 1. The Bertz CT molecular complexity index is 1010. The largest absolute Gasteiger partial charge is 0.396 e. The van der Waals surface area contributed by atoms with Crippen molar-refractivity contribution in [2.24, 2.45) is 0 Å². The number of carbonyl (C=O) groups excluding carboxylic acids is 1. The Morgan fingerprint density at radius 2 is 2.03 bits per heavy atom. The summed E-state index contributed by atoms with van der Waals surface area (Å²) in [5.41, 5.74) is 8.55. The third-order valence-corrected chi connectivity index (χ3v) is 5.16. The second-order valence-corrected chi connectivity index (χ2v) is 7.05. The molecule has 1 fully saturated rings. The molecule has 0 spiro atoms. The molecule has 0 aliphatic carbocycles. The number of para-hydroxylation sites is 1. The quantitative estimate of drug-likeness (QED) is 0.536. The number of nitrogen functional groups attached to an aromatic ring is 1. The predicted octanol–water partition coefficient (Wildman–Crippen LogP) is 1.13. The van der Waals surface area contributed by atoms with Crippen molar-refractivity contribution in [3.63, 3.8) is 0 Å². The first-order valence-electron chi connectivity index (χ1n) is 9.93. The molecule has 2 aromatic heterocycles. The lowest BCUT2D eigenvalue weighted by atomic mass is 10.2. The molecule has 3 heterocycles. The average Bonchev–Trinajstić information content (AvgIpc) is 3.11. The fraction of sp³-hybridized carbons (Fsp3) is 0.450. The van der Waals surface area contributed by atoms with Crippen LogP contribution in [0.3, 0.4) is 0 Å². The van der Waals surface area contributed by atoms with Crippen LogP contribution in [0.25, 0.3) is 21.9 Å². The van der Waals surface area contributed by atoms with E-state index in [4.69, 9.17) is 10.5 Å². The van der Waals surface area contributed by atoms with Gasteiger partial charge in [0.25, 0.3) is 0 Å². The maximum Gasteiger partial charge on any atom is 0.317 e. The van der Waals surface area contributed by atoms with Crippen molar-refractivity contribution in [3.8, 4) is 0 Å².